The van der Waals surface area contributed by atoms with Crippen molar-refractivity contribution in [1.29, 1.82) is 0 Å². The second-order valence-corrected chi connectivity index (χ2v) is 8.76. The average Bonchev–Trinajstić information content (AvgIpc) is 2.99. The molecular weight excluding hydrogens is 352 g/mol. The molecule has 1 unspecified atom stereocenters. The Kier molecular flexibility index (Phi) is 8.40. The molecule has 0 aliphatic carbocycles. The first kappa shape index (κ1) is 21.4. The number of rotatable bonds is 4. The molecule has 3 aliphatic heterocycles. The maximum absolute atomic E-state index is 12.6. The number of nitrogens with zero attached hydrogens (tertiary/aromatic N) is 5. The second kappa shape index (κ2) is 11.0. The van der Waals surface area contributed by atoms with Crippen LogP contribution < -0.4 is 5.32 Å². The molecule has 0 bridgehead atoms. The highest BCUT2D eigenvalue weighted by atomic mass is 16.2. The van der Waals surface area contributed by atoms with Crippen LogP contribution in [0.25, 0.3) is 0 Å². The van der Waals surface area contributed by atoms with Crippen LogP contribution in [-0.2, 0) is 4.79 Å². The quantitative estimate of drug-likeness (QED) is 0.570. The lowest BCUT2D eigenvalue weighted by atomic mass is 9.98. The van der Waals surface area contributed by atoms with Crippen molar-refractivity contribution in [2.75, 3.05) is 79.5 Å². The van der Waals surface area contributed by atoms with Crippen LogP contribution in [0.1, 0.15) is 38.5 Å². The number of guanidine groups is 1. The van der Waals surface area contributed by atoms with Crippen molar-refractivity contribution in [3.8, 4) is 0 Å². The molecule has 28 heavy (non-hydrogen) atoms. The first-order valence-corrected chi connectivity index (χ1v) is 11.3. The van der Waals surface area contributed by atoms with Gasteiger partial charge in [0.2, 0.25) is 5.91 Å². The molecule has 0 aromatic rings. The topological polar surface area (TPSA) is 54.4 Å². The van der Waals surface area contributed by atoms with Gasteiger partial charge in [-0.25, -0.2) is 0 Å². The van der Waals surface area contributed by atoms with E-state index in [-0.39, 0.29) is 0 Å². The van der Waals surface area contributed by atoms with E-state index in [1.165, 1.54) is 38.8 Å². The summed E-state index contributed by atoms with van der Waals surface area (Å²) in [7, 11) is 4.09. The minimum Gasteiger partial charge on any atom is -0.356 e. The molecule has 3 fully saturated rings. The number of piperidine rings is 1. The summed E-state index contributed by atoms with van der Waals surface area (Å²) >= 11 is 0. The lowest BCUT2D eigenvalue weighted by molar-refractivity contribution is -0.132. The third-order valence-electron chi connectivity index (χ3n) is 6.47. The summed E-state index contributed by atoms with van der Waals surface area (Å²) in [6.07, 6.45) is 7.47. The minimum absolute atomic E-state index is 0.319. The monoisotopic (exact) mass is 392 g/mol. The lowest BCUT2D eigenvalue weighted by Crippen LogP contribution is -2.55. The van der Waals surface area contributed by atoms with Crippen LogP contribution in [0.3, 0.4) is 0 Å². The Morgan fingerprint density at radius 3 is 2.29 bits per heavy atom. The van der Waals surface area contributed by atoms with E-state index >= 15 is 0 Å². The summed E-state index contributed by atoms with van der Waals surface area (Å²) in [5.74, 6) is 2.05. The zero-order valence-corrected chi connectivity index (χ0v) is 18.0. The second-order valence-electron chi connectivity index (χ2n) is 8.76. The van der Waals surface area contributed by atoms with Gasteiger partial charge in [-0.15, -0.1) is 0 Å². The van der Waals surface area contributed by atoms with E-state index in [0.29, 0.717) is 18.4 Å². The van der Waals surface area contributed by atoms with E-state index < -0.39 is 0 Å². The van der Waals surface area contributed by atoms with Gasteiger partial charge < -0.3 is 20.0 Å². The lowest BCUT2D eigenvalue weighted by Gasteiger charge is -2.37. The first-order chi connectivity index (χ1) is 13.7. The number of nitrogens with one attached hydrogen (secondary N) is 1. The smallest absolute Gasteiger partial charge is 0.236 e. The van der Waals surface area contributed by atoms with Gasteiger partial charge in [0.1, 0.15) is 0 Å². The number of hydrogen-bond donors (Lipinski definition) is 1. The van der Waals surface area contributed by atoms with E-state index in [1.54, 1.807) is 0 Å². The van der Waals surface area contributed by atoms with Crippen LogP contribution in [0.5, 0.6) is 0 Å². The Morgan fingerprint density at radius 1 is 0.929 bits per heavy atom. The highest BCUT2D eigenvalue weighted by Crippen LogP contribution is 2.14. The zero-order valence-electron chi connectivity index (χ0n) is 18.0. The SMILES string of the molecule is CN=C(NCC1CCCN(C)C1)N1CCN(CC(=O)N2CCCCCC2)CC1. The fraction of sp³-hybridized carbons (Fsp3) is 0.905. The Morgan fingerprint density at radius 2 is 1.64 bits per heavy atom. The fourth-order valence-electron chi connectivity index (χ4n) is 4.74. The molecule has 1 amide bonds. The number of hydrogen-bond acceptors (Lipinski definition) is 4. The molecule has 3 saturated heterocycles. The zero-order chi connectivity index (χ0) is 19.8. The van der Waals surface area contributed by atoms with Crippen molar-refractivity contribution >= 4 is 11.9 Å². The molecule has 3 aliphatic rings. The minimum atomic E-state index is 0.319. The van der Waals surface area contributed by atoms with Gasteiger partial charge in [-0.1, -0.05) is 12.8 Å². The molecule has 0 aromatic heterocycles. The normalized spacial score (nSPS) is 26.2. The van der Waals surface area contributed by atoms with Gasteiger partial charge in [0, 0.05) is 59.4 Å². The molecule has 0 aromatic carbocycles. The number of aliphatic imine (C=N–C) groups is 1. The number of carbonyl (C=O) groups excluding carboxylic acids is 1. The maximum Gasteiger partial charge on any atom is 0.236 e. The van der Waals surface area contributed by atoms with E-state index in [2.05, 4.69) is 37.0 Å². The van der Waals surface area contributed by atoms with E-state index in [0.717, 1.165) is 64.6 Å². The van der Waals surface area contributed by atoms with Crippen molar-refractivity contribution in [3.63, 3.8) is 0 Å². The average molecular weight is 393 g/mol. The summed E-state index contributed by atoms with van der Waals surface area (Å²) in [5, 5.41) is 3.60. The Balaban J connectivity index is 1.38. The molecule has 160 valence electrons. The molecule has 7 heteroatoms. The molecule has 0 spiro atoms. The van der Waals surface area contributed by atoms with Crippen molar-refractivity contribution in [1.82, 2.24) is 24.9 Å². The molecule has 7 nitrogen and oxygen atoms in total. The predicted molar refractivity (Wildman–Crippen MR) is 115 cm³/mol. The number of carbonyl (C=O) groups is 1. The predicted octanol–water partition coefficient (Wildman–Crippen LogP) is 0.924. The molecule has 0 radical (unpaired) electrons. The van der Waals surface area contributed by atoms with Gasteiger partial charge in [0.25, 0.3) is 0 Å². The summed E-state index contributed by atoms with van der Waals surface area (Å²) in [6, 6.07) is 0. The molecule has 0 saturated carbocycles. The van der Waals surface area contributed by atoms with E-state index in [9.17, 15) is 4.79 Å². The van der Waals surface area contributed by atoms with Gasteiger partial charge in [-0.3, -0.25) is 14.7 Å². The Labute approximate surface area is 171 Å². The largest absolute Gasteiger partial charge is 0.356 e. The Hall–Kier alpha value is -1.34. The van der Waals surface area contributed by atoms with Crippen LogP contribution in [0.4, 0.5) is 0 Å². The van der Waals surface area contributed by atoms with Gasteiger partial charge in [-0.2, -0.15) is 0 Å². The Bertz CT molecular complexity index is 509. The van der Waals surface area contributed by atoms with Crippen molar-refractivity contribution in [3.05, 3.63) is 0 Å². The highest BCUT2D eigenvalue weighted by Gasteiger charge is 2.24. The van der Waals surface area contributed by atoms with Gasteiger partial charge >= 0.3 is 0 Å². The number of likely N-dealkylation sites (tertiary alicyclic amines) is 2. The summed E-state index contributed by atoms with van der Waals surface area (Å²) in [5.41, 5.74) is 0. The van der Waals surface area contributed by atoms with E-state index in [1.807, 2.05) is 7.05 Å². The fourth-order valence-corrected chi connectivity index (χ4v) is 4.74. The van der Waals surface area contributed by atoms with Crippen molar-refractivity contribution in [2.45, 2.75) is 38.5 Å². The van der Waals surface area contributed by atoms with Crippen LogP contribution in [0, 0.1) is 5.92 Å². The van der Waals surface area contributed by atoms with E-state index in [4.69, 9.17) is 0 Å². The van der Waals surface area contributed by atoms with Gasteiger partial charge in [0.15, 0.2) is 5.96 Å². The van der Waals surface area contributed by atoms with Crippen LogP contribution in [-0.4, -0.2) is 111 Å². The molecular formula is C21H40N6O. The summed E-state index contributed by atoms with van der Waals surface area (Å²) in [4.78, 5) is 26.3. The third-order valence-corrected chi connectivity index (χ3v) is 6.47. The van der Waals surface area contributed by atoms with Crippen LogP contribution in [0.15, 0.2) is 4.99 Å². The molecule has 1 N–H and O–H groups in total. The van der Waals surface area contributed by atoms with Gasteiger partial charge in [0.05, 0.1) is 6.54 Å². The van der Waals surface area contributed by atoms with Crippen molar-refractivity contribution in [2.24, 2.45) is 10.9 Å². The highest BCUT2D eigenvalue weighted by molar-refractivity contribution is 5.80. The maximum atomic E-state index is 12.6. The first-order valence-electron chi connectivity index (χ1n) is 11.3. The number of piperazine rings is 1. The van der Waals surface area contributed by atoms with Crippen LogP contribution >= 0.6 is 0 Å². The van der Waals surface area contributed by atoms with Crippen LogP contribution in [0.2, 0.25) is 0 Å². The standard InChI is InChI=1S/C21H40N6O/c1-22-21(23-16-19-8-7-9-24(2)17-19)27-14-12-25(13-15-27)18-20(28)26-10-5-3-4-6-11-26/h19H,3-18H2,1-2H3,(H,22,23). The van der Waals surface area contributed by atoms with Gasteiger partial charge in [-0.05, 0) is 45.2 Å². The number of amides is 1. The summed E-state index contributed by atoms with van der Waals surface area (Å²) in [6.45, 7) is 9.64. The van der Waals surface area contributed by atoms with Crippen molar-refractivity contribution < 1.29 is 4.79 Å². The molecule has 3 heterocycles. The molecule has 1 atom stereocenters. The summed E-state index contributed by atoms with van der Waals surface area (Å²) < 4.78 is 0. The third kappa shape index (κ3) is 6.34. The molecule has 3 rings (SSSR count).